The number of anilines is 1. The van der Waals surface area contributed by atoms with Crippen LogP contribution in [0.25, 0.3) is 0 Å². The van der Waals surface area contributed by atoms with E-state index in [-0.39, 0.29) is 10.9 Å². The summed E-state index contributed by atoms with van der Waals surface area (Å²) >= 11 is 4.90. The van der Waals surface area contributed by atoms with Gasteiger partial charge in [0.1, 0.15) is 4.99 Å². The van der Waals surface area contributed by atoms with Gasteiger partial charge in [0, 0.05) is 18.0 Å². The molecule has 1 aliphatic rings. The third-order valence-corrected chi connectivity index (χ3v) is 3.31. The van der Waals surface area contributed by atoms with Crippen molar-refractivity contribution in [3.8, 4) is 0 Å². The monoisotopic (exact) mass is 283 g/mol. The van der Waals surface area contributed by atoms with Gasteiger partial charge in [0.05, 0.1) is 16.8 Å². The summed E-state index contributed by atoms with van der Waals surface area (Å²) in [5.74, 6) is -0.759. The van der Waals surface area contributed by atoms with Crippen molar-refractivity contribution in [1.29, 1.82) is 0 Å². The Balaban J connectivity index is 2.09. The lowest BCUT2D eigenvalue weighted by molar-refractivity contribution is 0.0926. The summed E-state index contributed by atoms with van der Waals surface area (Å²) in [4.78, 5) is 29.8. The molecule has 2 N–H and O–H groups in total. The number of hydrogen-bond acceptors (Lipinski definition) is 4. The van der Waals surface area contributed by atoms with E-state index in [0.29, 0.717) is 22.4 Å². The van der Waals surface area contributed by atoms with Crippen LogP contribution in [0.1, 0.15) is 26.3 Å². The van der Waals surface area contributed by atoms with Gasteiger partial charge < -0.3 is 5.73 Å². The van der Waals surface area contributed by atoms with Crippen LogP contribution in [0.3, 0.4) is 0 Å². The van der Waals surface area contributed by atoms with E-state index >= 15 is 0 Å². The number of aromatic nitrogens is 1. The Bertz CT molecular complexity index is 723. The molecule has 0 fully saturated rings. The number of amides is 2. The second-order valence-electron chi connectivity index (χ2n) is 4.28. The van der Waals surface area contributed by atoms with Crippen molar-refractivity contribution in [3.05, 3.63) is 59.4 Å². The molecule has 98 valence electrons. The molecule has 0 bridgehead atoms. The minimum Gasteiger partial charge on any atom is -0.389 e. The van der Waals surface area contributed by atoms with Crippen LogP contribution >= 0.6 is 12.2 Å². The maximum atomic E-state index is 12.3. The minimum absolute atomic E-state index is 0.213. The van der Waals surface area contributed by atoms with Gasteiger partial charge in [-0.05, 0) is 18.2 Å². The van der Waals surface area contributed by atoms with Gasteiger partial charge >= 0.3 is 0 Å². The molecule has 0 spiro atoms. The van der Waals surface area contributed by atoms with Crippen molar-refractivity contribution in [2.45, 2.75) is 0 Å². The maximum absolute atomic E-state index is 12.3. The van der Waals surface area contributed by atoms with Crippen LogP contribution in [0.2, 0.25) is 0 Å². The summed E-state index contributed by atoms with van der Waals surface area (Å²) in [5, 5.41) is 0. The first-order chi connectivity index (χ1) is 9.59. The molecule has 0 aliphatic carbocycles. The summed E-state index contributed by atoms with van der Waals surface area (Å²) in [6, 6.07) is 8.25. The van der Waals surface area contributed by atoms with E-state index in [2.05, 4.69) is 4.98 Å². The second-order valence-corrected chi connectivity index (χ2v) is 4.72. The van der Waals surface area contributed by atoms with Crippen molar-refractivity contribution >= 4 is 34.7 Å². The fourth-order valence-corrected chi connectivity index (χ4v) is 2.24. The second kappa shape index (κ2) is 4.50. The molecule has 6 heteroatoms. The Morgan fingerprint density at radius 1 is 1.15 bits per heavy atom. The van der Waals surface area contributed by atoms with Gasteiger partial charge in [-0.25, -0.2) is 4.90 Å². The zero-order valence-electron chi connectivity index (χ0n) is 10.2. The molecule has 0 atom stereocenters. The molecule has 3 rings (SSSR count). The maximum Gasteiger partial charge on any atom is 0.267 e. The normalized spacial score (nSPS) is 13.5. The van der Waals surface area contributed by atoms with Crippen molar-refractivity contribution in [3.63, 3.8) is 0 Å². The van der Waals surface area contributed by atoms with Crippen LogP contribution in [-0.4, -0.2) is 21.8 Å². The standard InChI is InChI=1S/C14H9N3O2S/c15-12(20)8-2-1-3-9(6-8)17-13(18)10-4-5-16-7-11(10)14(17)19/h1-7H,(H2,15,20). The van der Waals surface area contributed by atoms with Crippen molar-refractivity contribution in [1.82, 2.24) is 4.98 Å². The Kier molecular flexibility index (Phi) is 2.80. The average Bonchev–Trinajstić information content (AvgIpc) is 2.72. The third kappa shape index (κ3) is 1.78. The average molecular weight is 283 g/mol. The van der Waals surface area contributed by atoms with Crippen LogP contribution in [-0.2, 0) is 0 Å². The number of fused-ring (bicyclic) bond motifs is 1. The topological polar surface area (TPSA) is 76.3 Å². The number of rotatable bonds is 2. The van der Waals surface area contributed by atoms with Gasteiger partial charge in [-0.3, -0.25) is 14.6 Å². The van der Waals surface area contributed by atoms with E-state index in [1.165, 1.54) is 18.5 Å². The molecule has 2 amide bonds. The first-order valence-electron chi connectivity index (χ1n) is 5.82. The van der Waals surface area contributed by atoms with Gasteiger partial charge in [0.25, 0.3) is 11.8 Å². The van der Waals surface area contributed by atoms with E-state index in [1.54, 1.807) is 24.3 Å². The van der Waals surface area contributed by atoms with E-state index < -0.39 is 5.91 Å². The molecule has 5 nitrogen and oxygen atoms in total. The molecule has 1 aromatic carbocycles. The van der Waals surface area contributed by atoms with Crippen molar-refractivity contribution < 1.29 is 9.59 Å². The summed E-state index contributed by atoms with van der Waals surface area (Å²) < 4.78 is 0. The van der Waals surface area contributed by atoms with Crippen LogP contribution in [0.5, 0.6) is 0 Å². The smallest absolute Gasteiger partial charge is 0.267 e. The van der Waals surface area contributed by atoms with Gasteiger partial charge in [-0.1, -0.05) is 24.4 Å². The zero-order valence-corrected chi connectivity index (χ0v) is 11.1. The number of imide groups is 1. The summed E-state index contributed by atoms with van der Waals surface area (Å²) in [6.45, 7) is 0. The van der Waals surface area contributed by atoms with Gasteiger partial charge in [0.2, 0.25) is 0 Å². The van der Waals surface area contributed by atoms with E-state index in [4.69, 9.17) is 18.0 Å². The summed E-state index contributed by atoms with van der Waals surface area (Å²) in [7, 11) is 0. The lowest BCUT2D eigenvalue weighted by atomic mass is 10.2. The number of benzene rings is 1. The van der Waals surface area contributed by atoms with Crippen LogP contribution < -0.4 is 10.6 Å². The summed E-state index contributed by atoms with van der Waals surface area (Å²) in [6.07, 6.45) is 2.88. The number of thiocarbonyl (C=S) groups is 1. The number of carbonyl (C=O) groups excluding carboxylic acids is 2. The molecule has 2 heterocycles. The number of nitrogens with two attached hydrogens (primary N) is 1. The van der Waals surface area contributed by atoms with E-state index in [1.807, 2.05) is 0 Å². The molecule has 1 aliphatic heterocycles. The molecule has 2 aromatic rings. The highest BCUT2D eigenvalue weighted by Gasteiger charge is 2.36. The van der Waals surface area contributed by atoms with Gasteiger partial charge in [-0.15, -0.1) is 0 Å². The fraction of sp³-hybridized carbons (Fsp3) is 0. The SMILES string of the molecule is NC(=S)c1cccc(N2C(=O)c3ccncc3C2=O)c1. The van der Waals surface area contributed by atoms with Crippen molar-refractivity contribution in [2.24, 2.45) is 5.73 Å². The van der Waals surface area contributed by atoms with Crippen LogP contribution in [0.4, 0.5) is 5.69 Å². The molecule has 0 radical (unpaired) electrons. The predicted molar refractivity (Wildman–Crippen MR) is 77.7 cm³/mol. The Hall–Kier alpha value is -2.60. The van der Waals surface area contributed by atoms with E-state index in [9.17, 15) is 9.59 Å². The van der Waals surface area contributed by atoms with Gasteiger partial charge in [0.15, 0.2) is 0 Å². The molecule has 0 unspecified atom stereocenters. The highest BCUT2D eigenvalue weighted by molar-refractivity contribution is 7.80. The third-order valence-electron chi connectivity index (χ3n) is 3.08. The first-order valence-corrected chi connectivity index (χ1v) is 6.23. The van der Waals surface area contributed by atoms with Crippen LogP contribution in [0, 0.1) is 0 Å². The lowest BCUT2D eigenvalue weighted by Crippen LogP contribution is -2.29. The van der Waals surface area contributed by atoms with E-state index in [0.717, 1.165) is 4.90 Å². The number of nitrogens with zero attached hydrogens (tertiary/aromatic N) is 2. The predicted octanol–water partition coefficient (Wildman–Crippen LogP) is 1.52. The first kappa shape index (κ1) is 12.4. The Morgan fingerprint density at radius 2 is 1.90 bits per heavy atom. The highest BCUT2D eigenvalue weighted by Crippen LogP contribution is 2.28. The largest absolute Gasteiger partial charge is 0.389 e. The molecular formula is C14H9N3O2S. The molecule has 0 saturated carbocycles. The molecule has 20 heavy (non-hydrogen) atoms. The number of carbonyl (C=O) groups is 2. The Morgan fingerprint density at radius 3 is 2.60 bits per heavy atom. The summed E-state index contributed by atoms with van der Waals surface area (Å²) in [5.41, 5.74) is 7.27. The highest BCUT2D eigenvalue weighted by atomic mass is 32.1. The quantitative estimate of drug-likeness (QED) is 0.668. The zero-order chi connectivity index (χ0) is 14.3. The minimum atomic E-state index is -0.391. The van der Waals surface area contributed by atoms with Gasteiger partial charge in [-0.2, -0.15) is 0 Å². The molecule has 1 aromatic heterocycles. The number of hydrogen-bond donors (Lipinski definition) is 1. The van der Waals surface area contributed by atoms with Crippen LogP contribution in [0.15, 0.2) is 42.7 Å². The Labute approximate surface area is 120 Å². The lowest BCUT2D eigenvalue weighted by Gasteiger charge is -2.14. The molecular weight excluding hydrogens is 274 g/mol. The molecule has 0 saturated heterocycles. The fourth-order valence-electron chi connectivity index (χ4n) is 2.12. The van der Waals surface area contributed by atoms with Crippen molar-refractivity contribution in [2.75, 3.05) is 4.90 Å². The number of pyridine rings is 1.